The Morgan fingerprint density at radius 1 is 0.933 bits per heavy atom. The third kappa shape index (κ3) is 3.55. The number of benzene rings is 3. The Labute approximate surface area is 191 Å². The van der Waals surface area contributed by atoms with Crippen molar-refractivity contribution in [2.45, 2.75) is 6.54 Å². The lowest BCUT2D eigenvalue weighted by Gasteiger charge is -2.15. The minimum Gasteiger partial charge on any atom is -0.288 e. The third-order valence-corrected chi connectivity index (χ3v) is 7.06. The highest BCUT2D eigenvalue weighted by atomic mass is 79.9. The van der Waals surface area contributed by atoms with E-state index in [4.69, 9.17) is 17.2 Å². The minimum atomic E-state index is -0.0446. The number of pyridine rings is 1. The van der Waals surface area contributed by atoms with Crippen LogP contribution >= 0.6 is 39.9 Å². The number of para-hydroxylation sites is 2. The second-order valence-electron chi connectivity index (χ2n) is 6.95. The average molecular weight is 491 g/mol. The van der Waals surface area contributed by atoms with Gasteiger partial charge in [0.05, 0.1) is 22.5 Å². The summed E-state index contributed by atoms with van der Waals surface area (Å²) in [5.74, 6) is 0. The molecular weight excluding hydrogens is 476 g/mol. The van der Waals surface area contributed by atoms with Gasteiger partial charge < -0.3 is 0 Å². The molecule has 1 amide bonds. The smallest absolute Gasteiger partial charge is 0.288 e. The Kier molecular flexibility index (Phi) is 5.15. The maximum absolute atomic E-state index is 12.7. The van der Waals surface area contributed by atoms with Crippen molar-refractivity contribution < 1.29 is 4.79 Å². The Bertz CT molecular complexity index is 1290. The zero-order valence-electron chi connectivity index (χ0n) is 15.7. The second-order valence-corrected chi connectivity index (χ2v) is 9.25. The Hall–Kier alpha value is -2.54. The third-order valence-electron chi connectivity index (χ3n) is 5.03. The van der Waals surface area contributed by atoms with Crippen LogP contribution in [0.15, 0.2) is 82.2 Å². The molecule has 1 saturated heterocycles. The van der Waals surface area contributed by atoms with E-state index >= 15 is 0 Å². The second kappa shape index (κ2) is 7.95. The highest BCUT2D eigenvalue weighted by molar-refractivity contribution is 9.10. The molecule has 0 radical (unpaired) electrons. The number of fused-ring (bicyclic) bond motifs is 2. The van der Waals surface area contributed by atoms with E-state index in [1.54, 1.807) is 4.90 Å². The summed E-state index contributed by atoms with van der Waals surface area (Å²) in [6.45, 7) is 0.465. The van der Waals surface area contributed by atoms with Gasteiger partial charge in [-0.05, 0) is 53.2 Å². The average Bonchev–Trinajstić information content (AvgIpc) is 3.02. The lowest BCUT2D eigenvalue weighted by molar-refractivity contribution is 0.244. The zero-order chi connectivity index (χ0) is 20.7. The van der Waals surface area contributed by atoms with Gasteiger partial charge in [0.1, 0.15) is 4.99 Å². The first kappa shape index (κ1) is 19.4. The maximum atomic E-state index is 12.7. The van der Waals surface area contributed by atoms with Crippen molar-refractivity contribution in [3.05, 3.63) is 93.3 Å². The van der Waals surface area contributed by atoms with Gasteiger partial charge in [-0.1, -0.05) is 76.7 Å². The molecule has 1 aliphatic heterocycles. The Balaban J connectivity index is 1.58. The molecule has 6 heteroatoms. The van der Waals surface area contributed by atoms with E-state index in [1.165, 1.54) is 11.8 Å². The molecule has 2 heterocycles. The van der Waals surface area contributed by atoms with Gasteiger partial charge in [0.25, 0.3) is 5.24 Å². The van der Waals surface area contributed by atoms with Gasteiger partial charge in [-0.2, -0.15) is 0 Å². The molecule has 0 unspecified atom stereocenters. The number of nitrogens with zero attached hydrogens (tertiary/aromatic N) is 2. The molecule has 146 valence electrons. The fourth-order valence-electron chi connectivity index (χ4n) is 3.57. The van der Waals surface area contributed by atoms with Gasteiger partial charge in [-0.3, -0.25) is 9.69 Å². The van der Waals surface area contributed by atoms with Crippen LogP contribution in [0.5, 0.6) is 0 Å². The summed E-state index contributed by atoms with van der Waals surface area (Å²) in [5.41, 5.74) is 3.93. The number of thioether (sulfide) groups is 1. The summed E-state index contributed by atoms with van der Waals surface area (Å²) in [6.07, 6.45) is 2.04. The van der Waals surface area contributed by atoms with Crippen molar-refractivity contribution in [1.29, 1.82) is 0 Å². The maximum Gasteiger partial charge on any atom is 0.291 e. The van der Waals surface area contributed by atoms with E-state index in [1.807, 2.05) is 66.7 Å². The van der Waals surface area contributed by atoms with Crippen LogP contribution in [-0.2, 0) is 6.54 Å². The standard InChI is InChI=1S/C24H15BrN2OS2/c25-16-11-9-15(10-12-16)14-27-23(29)22(30-24(27)28)13-19-17-5-1-3-7-20(17)26-21-8-4-2-6-18(19)21/h1-13H,14H2. The SMILES string of the molecule is O=C1SC(=Cc2c3ccccc3nc3ccccc23)C(=S)N1Cc1ccc(Br)cc1. The van der Waals surface area contributed by atoms with Gasteiger partial charge in [0, 0.05) is 15.2 Å². The Morgan fingerprint density at radius 3 is 2.17 bits per heavy atom. The van der Waals surface area contributed by atoms with E-state index < -0.39 is 0 Å². The fourth-order valence-corrected chi connectivity index (χ4v) is 5.05. The number of rotatable bonds is 3. The van der Waals surface area contributed by atoms with Gasteiger partial charge in [-0.25, -0.2) is 4.98 Å². The van der Waals surface area contributed by atoms with E-state index in [2.05, 4.69) is 28.1 Å². The molecule has 0 spiro atoms. The van der Waals surface area contributed by atoms with Crippen molar-refractivity contribution in [2.75, 3.05) is 0 Å². The molecule has 30 heavy (non-hydrogen) atoms. The van der Waals surface area contributed by atoms with Crippen LogP contribution in [-0.4, -0.2) is 20.1 Å². The predicted molar refractivity (Wildman–Crippen MR) is 132 cm³/mol. The monoisotopic (exact) mass is 490 g/mol. The summed E-state index contributed by atoms with van der Waals surface area (Å²) in [4.78, 5) is 20.5. The molecule has 1 fully saturated rings. The van der Waals surface area contributed by atoms with Crippen molar-refractivity contribution in [3.63, 3.8) is 0 Å². The van der Waals surface area contributed by atoms with Crippen LogP contribution in [0.3, 0.4) is 0 Å². The predicted octanol–water partition coefficient (Wildman–Crippen LogP) is 7.19. The van der Waals surface area contributed by atoms with E-state index in [0.29, 0.717) is 11.5 Å². The van der Waals surface area contributed by atoms with Gasteiger partial charge in [-0.15, -0.1) is 0 Å². The Morgan fingerprint density at radius 2 is 1.53 bits per heavy atom. The summed E-state index contributed by atoms with van der Waals surface area (Å²) < 4.78 is 1.01. The summed E-state index contributed by atoms with van der Waals surface area (Å²) in [6, 6.07) is 24.1. The molecule has 1 aliphatic rings. The van der Waals surface area contributed by atoms with Gasteiger partial charge in [0.2, 0.25) is 0 Å². The van der Waals surface area contributed by atoms with E-state index in [-0.39, 0.29) is 5.24 Å². The molecule has 3 aromatic carbocycles. The summed E-state index contributed by atoms with van der Waals surface area (Å²) in [7, 11) is 0. The largest absolute Gasteiger partial charge is 0.291 e. The van der Waals surface area contributed by atoms with Crippen LogP contribution < -0.4 is 0 Å². The normalized spacial score (nSPS) is 15.6. The number of thiocarbonyl (C=S) groups is 1. The lowest BCUT2D eigenvalue weighted by Crippen LogP contribution is -2.26. The van der Waals surface area contributed by atoms with Crippen LogP contribution in [0.25, 0.3) is 27.9 Å². The number of carbonyl (C=O) groups excluding carboxylic acids is 1. The van der Waals surface area contributed by atoms with Crippen molar-refractivity contribution in [3.8, 4) is 0 Å². The zero-order valence-corrected chi connectivity index (χ0v) is 18.9. The molecule has 4 aromatic rings. The molecule has 1 aromatic heterocycles. The van der Waals surface area contributed by atoms with Crippen LogP contribution in [0.2, 0.25) is 0 Å². The molecular formula is C24H15BrN2OS2. The van der Waals surface area contributed by atoms with E-state index in [0.717, 1.165) is 42.3 Å². The van der Waals surface area contributed by atoms with Gasteiger partial charge in [0.15, 0.2) is 0 Å². The molecule has 3 nitrogen and oxygen atoms in total. The van der Waals surface area contributed by atoms with Crippen LogP contribution in [0.1, 0.15) is 11.1 Å². The first-order valence-corrected chi connectivity index (χ1v) is 11.4. The van der Waals surface area contributed by atoms with Crippen molar-refractivity contribution in [2.24, 2.45) is 0 Å². The van der Waals surface area contributed by atoms with Gasteiger partial charge >= 0.3 is 0 Å². The summed E-state index contributed by atoms with van der Waals surface area (Å²) >= 11 is 10.3. The fraction of sp³-hybridized carbons (Fsp3) is 0.0417. The molecule has 0 N–H and O–H groups in total. The topological polar surface area (TPSA) is 33.2 Å². The highest BCUT2D eigenvalue weighted by Crippen LogP contribution is 2.37. The molecule has 0 atom stereocenters. The van der Waals surface area contributed by atoms with Crippen LogP contribution in [0, 0.1) is 0 Å². The molecule has 0 bridgehead atoms. The van der Waals surface area contributed by atoms with Crippen LogP contribution in [0.4, 0.5) is 4.79 Å². The first-order chi connectivity index (χ1) is 14.6. The number of hydrogen-bond acceptors (Lipinski definition) is 4. The molecule has 0 saturated carbocycles. The highest BCUT2D eigenvalue weighted by Gasteiger charge is 2.32. The van der Waals surface area contributed by atoms with Crippen molar-refractivity contribution in [1.82, 2.24) is 9.88 Å². The molecule has 0 aliphatic carbocycles. The quantitative estimate of drug-likeness (QED) is 0.173. The number of carbonyl (C=O) groups is 1. The first-order valence-electron chi connectivity index (χ1n) is 9.37. The van der Waals surface area contributed by atoms with Crippen molar-refractivity contribution >= 4 is 78.0 Å². The summed E-state index contributed by atoms with van der Waals surface area (Å²) in [5, 5.41) is 2.05. The van der Waals surface area contributed by atoms with E-state index in [9.17, 15) is 4.79 Å². The number of aromatic nitrogens is 1. The number of halogens is 1. The lowest BCUT2D eigenvalue weighted by atomic mass is 10.0. The molecule has 5 rings (SSSR count). The number of hydrogen-bond donors (Lipinski definition) is 0. The minimum absolute atomic E-state index is 0.0446. The number of amides is 1.